The van der Waals surface area contributed by atoms with Crippen molar-refractivity contribution < 1.29 is 31.1 Å². The van der Waals surface area contributed by atoms with Gasteiger partial charge in [0, 0.05) is 24.5 Å². The highest BCUT2D eigenvalue weighted by Gasteiger charge is 2.34. The second-order valence-corrected chi connectivity index (χ2v) is 10.8. The number of sulfonamides is 1. The highest BCUT2D eigenvalue weighted by Crippen LogP contribution is 2.28. The van der Waals surface area contributed by atoms with Gasteiger partial charge in [-0.25, -0.2) is 8.42 Å². The number of carbonyl (C=O) groups is 1. The lowest BCUT2D eigenvalue weighted by atomic mass is 9.99. The highest BCUT2D eigenvalue weighted by molar-refractivity contribution is 7.91. The Bertz CT molecular complexity index is 1000. The zero-order valence-electron chi connectivity index (χ0n) is 16.8. The van der Waals surface area contributed by atoms with E-state index in [4.69, 9.17) is 0 Å². The topological polar surface area (TPSA) is 75.7 Å². The molecule has 2 aromatic rings. The quantitative estimate of drug-likeness (QED) is 0.661. The minimum Gasteiger partial charge on any atom is -0.484 e. The van der Waals surface area contributed by atoms with Crippen molar-refractivity contribution in [2.45, 2.75) is 36.7 Å². The number of ether oxygens (including phenoxy) is 1. The van der Waals surface area contributed by atoms with Crippen LogP contribution in [0.3, 0.4) is 0 Å². The SMILES string of the molecule is Cc1ccc(S(=O)(=O)N2CCCC(C(=O)NCc3ccc(OCC(F)(F)F)cc3)C2)s1. The molecule has 1 aliphatic rings. The number of halogens is 3. The molecule has 0 spiro atoms. The number of nitrogens with one attached hydrogen (secondary N) is 1. The zero-order valence-corrected chi connectivity index (χ0v) is 18.4. The van der Waals surface area contributed by atoms with E-state index in [9.17, 15) is 26.4 Å². The molecule has 0 radical (unpaired) electrons. The maximum atomic E-state index is 12.8. The zero-order chi connectivity index (χ0) is 22.6. The van der Waals surface area contributed by atoms with Crippen molar-refractivity contribution in [3.8, 4) is 5.75 Å². The summed E-state index contributed by atoms with van der Waals surface area (Å²) >= 11 is 1.21. The third-order valence-corrected chi connectivity index (χ3v) is 8.19. The number of aryl methyl sites for hydroxylation is 1. The van der Waals surface area contributed by atoms with Gasteiger partial charge in [-0.3, -0.25) is 4.79 Å². The number of hydrogen-bond acceptors (Lipinski definition) is 5. The van der Waals surface area contributed by atoms with Crippen LogP contribution in [0, 0.1) is 12.8 Å². The largest absolute Gasteiger partial charge is 0.484 e. The summed E-state index contributed by atoms with van der Waals surface area (Å²) in [5.41, 5.74) is 0.696. The van der Waals surface area contributed by atoms with Crippen molar-refractivity contribution in [3.05, 3.63) is 46.8 Å². The molecule has 2 heterocycles. The minimum atomic E-state index is -4.41. The van der Waals surface area contributed by atoms with Crippen molar-refractivity contribution in [2.24, 2.45) is 5.92 Å². The average molecular weight is 477 g/mol. The van der Waals surface area contributed by atoms with Crippen LogP contribution in [0.15, 0.2) is 40.6 Å². The molecule has 6 nitrogen and oxygen atoms in total. The number of carbonyl (C=O) groups excluding carboxylic acids is 1. The second kappa shape index (κ2) is 9.58. The number of nitrogens with zero attached hydrogens (tertiary/aromatic N) is 1. The van der Waals surface area contributed by atoms with Crippen molar-refractivity contribution in [1.29, 1.82) is 0 Å². The number of hydrogen-bond donors (Lipinski definition) is 1. The van der Waals surface area contributed by atoms with Crippen LogP contribution in [0.5, 0.6) is 5.75 Å². The predicted octanol–water partition coefficient (Wildman–Crippen LogP) is 3.71. The van der Waals surface area contributed by atoms with Gasteiger partial charge in [-0.15, -0.1) is 11.3 Å². The molecule has 11 heteroatoms. The molecule has 1 amide bonds. The number of alkyl halides is 3. The number of piperidine rings is 1. The summed E-state index contributed by atoms with van der Waals surface area (Å²) in [4.78, 5) is 13.5. The van der Waals surface area contributed by atoms with Crippen LogP contribution in [0.25, 0.3) is 0 Å². The first-order valence-corrected chi connectivity index (χ1v) is 11.9. The molecule has 1 fully saturated rings. The maximum absolute atomic E-state index is 12.8. The molecular formula is C20H23F3N2O4S2. The molecule has 1 unspecified atom stereocenters. The van der Waals surface area contributed by atoms with Crippen molar-refractivity contribution in [1.82, 2.24) is 9.62 Å². The molecule has 1 saturated heterocycles. The van der Waals surface area contributed by atoms with E-state index < -0.39 is 28.7 Å². The Hall–Kier alpha value is -2.11. The van der Waals surface area contributed by atoms with E-state index in [-0.39, 0.29) is 29.0 Å². The fourth-order valence-corrected chi connectivity index (χ4v) is 6.22. The minimum absolute atomic E-state index is 0.0874. The van der Waals surface area contributed by atoms with Gasteiger partial charge in [0.25, 0.3) is 10.0 Å². The first-order chi connectivity index (χ1) is 14.5. The Balaban J connectivity index is 1.53. The summed E-state index contributed by atoms with van der Waals surface area (Å²) in [5, 5.41) is 2.78. The summed E-state index contributed by atoms with van der Waals surface area (Å²) in [5.74, 6) is -0.622. The van der Waals surface area contributed by atoms with Crippen LogP contribution in [0.1, 0.15) is 23.3 Å². The van der Waals surface area contributed by atoms with Gasteiger partial charge in [-0.2, -0.15) is 17.5 Å². The molecule has 1 atom stereocenters. The van der Waals surface area contributed by atoms with Crippen LogP contribution in [0.4, 0.5) is 13.2 Å². The Kier molecular flexibility index (Phi) is 7.28. The molecule has 0 bridgehead atoms. The van der Waals surface area contributed by atoms with Gasteiger partial charge in [-0.05, 0) is 49.6 Å². The Labute approximate surface area is 183 Å². The molecule has 0 saturated carbocycles. The number of amides is 1. The lowest BCUT2D eigenvalue weighted by molar-refractivity contribution is -0.153. The highest BCUT2D eigenvalue weighted by atomic mass is 32.2. The fourth-order valence-electron chi connectivity index (χ4n) is 3.25. The standard InChI is InChI=1S/C20H23F3N2O4S2/c1-14-4-9-18(30-14)31(27,28)25-10-2-3-16(12-25)19(26)24-11-15-5-7-17(8-6-15)29-13-20(21,22)23/h4-9,16H,2-3,10-13H2,1H3,(H,24,26). The van der Waals surface area contributed by atoms with Gasteiger partial charge in [0.2, 0.25) is 5.91 Å². The number of thiophene rings is 1. The molecule has 1 aliphatic heterocycles. The third-order valence-electron chi connectivity index (χ3n) is 4.86. The van der Waals surface area contributed by atoms with E-state index in [0.29, 0.717) is 24.9 Å². The van der Waals surface area contributed by atoms with E-state index in [1.54, 1.807) is 24.3 Å². The Morgan fingerprint density at radius 1 is 1.23 bits per heavy atom. The van der Waals surface area contributed by atoms with Gasteiger partial charge in [-0.1, -0.05) is 12.1 Å². The second-order valence-electron chi connectivity index (χ2n) is 7.33. The lowest BCUT2D eigenvalue weighted by Gasteiger charge is -2.30. The van der Waals surface area contributed by atoms with Crippen molar-refractivity contribution >= 4 is 27.3 Å². The first-order valence-electron chi connectivity index (χ1n) is 9.67. The van der Waals surface area contributed by atoms with E-state index in [0.717, 1.165) is 4.88 Å². The van der Waals surface area contributed by atoms with E-state index in [1.807, 2.05) is 6.92 Å². The van der Waals surface area contributed by atoms with Crippen LogP contribution in [-0.2, 0) is 21.4 Å². The molecule has 1 aromatic carbocycles. The molecule has 1 N–H and O–H groups in total. The Morgan fingerprint density at radius 2 is 1.94 bits per heavy atom. The van der Waals surface area contributed by atoms with Crippen LogP contribution >= 0.6 is 11.3 Å². The van der Waals surface area contributed by atoms with Gasteiger partial charge in [0.1, 0.15) is 9.96 Å². The van der Waals surface area contributed by atoms with Crippen LogP contribution < -0.4 is 10.1 Å². The summed E-state index contributed by atoms with van der Waals surface area (Å²) in [6.07, 6.45) is -3.23. The molecule has 0 aliphatic carbocycles. The lowest BCUT2D eigenvalue weighted by Crippen LogP contribution is -2.45. The average Bonchev–Trinajstić information content (AvgIpc) is 3.18. The molecule has 170 valence electrons. The van der Waals surface area contributed by atoms with Crippen LogP contribution in [-0.4, -0.2) is 44.5 Å². The molecule has 31 heavy (non-hydrogen) atoms. The monoisotopic (exact) mass is 476 g/mol. The number of rotatable bonds is 7. The first kappa shape index (κ1) is 23.6. The molecule has 1 aromatic heterocycles. The van der Waals surface area contributed by atoms with Gasteiger partial charge in [0.05, 0.1) is 5.92 Å². The fraction of sp³-hybridized carbons (Fsp3) is 0.450. The summed E-state index contributed by atoms with van der Waals surface area (Å²) in [6, 6.07) is 9.30. The summed E-state index contributed by atoms with van der Waals surface area (Å²) in [6.45, 7) is 1.16. The van der Waals surface area contributed by atoms with Gasteiger partial charge in [0.15, 0.2) is 6.61 Å². The normalized spacial score (nSPS) is 18.0. The summed E-state index contributed by atoms with van der Waals surface area (Å²) < 4.78 is 68.5. The Morgan fingerprint density at radius 3 is 2.55 bits per heavy atom. The third kappa shape index (κ3) is 6.44. The van der Waals surface area contributed by atoms with E-state index in [1.165, 1.54) is 27.8 Å². The van der Waals surface area contributed by atoms with E-state index in [2.05, 4.69) is 10.1 Å². The maximum Gasteiger partial charge on any atom is 0.422 e. The molecule has 3 rings (SSSR count). The summed E-state index contributed by atoms with van der Waals surface area (Å²) in [7, 11) is -3.62. The van der Waals surface area contributed by atoms with E-state index >= 15 is 0 Å². The van der Waals surface area contributed by atoms with Crippen molar-refractivity contribution in [2.75, 3.05) is 19.7 Å². The predicted molar refractivity (Wildman–Crippen MR) is 110 cm³/mol. The smallest absolute Gasteiger partial charge is 0.422 e. The molecular weight excluding hydrogens is 453 g/mol. The van der Waals surface area contributed by atoms with Crippen LogP contribution in [0.2, 0.25) is 0 Å². The van der Waals surface area contributed by atoms with Gasteiger partial charge < -0.3 is 10.1 Å². The van der Waals surface area contributed by atoms with Crippen molar-refractivity contribution in [3.63, 3.8) is 0 Å². The number of benzene rings is 1. The van der Waals surface area contributed by atoms with Gasteiger partial charge >= 0.3 is 6.18 Å².